The lowest BCUT2D eigenvalue weighted by Crippen LogP contribution is -2.41. The molecule has 1 aromatic carbocycles. The Bertz CT molecular complexity index is 665. The van der Waals surface area contributed by atoms with Gasteiger partial charge < -0.3 is 19.3 Å². The van der Waals surface area contributed by atoms with Crippen molar-refractivity contribution in [3.05, 3.63) is 29.3 Å². The number of hydrogen-bond acceptors (Lipinski definition) is 4. The van der Waals surface area contributed by atoms with Gasteiger partial charge in [0.2, 0.25) is 5.91 Å². The molecule has 2 heterocycles. The third-order valence-corrected chi connectivity index (χ3v) is 5.56. The lowest BCUT2D eigenvalue weighted by Gasteiger charge is -2.24. The van der Waals surface area contributed by atoms with Crippen LogP contribution in [0.4, 0.5) is 0 Å². The summed E-state index contributed by atoms with van der Waals surface area (Å²) < 4.78 is 11.4. The Hall–Kier alpha value is -2.08. The van der Waals surface area contributed by atoms with Crippen LogP contribution in [0.5, 0.6) is 5.75 Å². The van der Waals surface area contributed by atoms with Crippen molar-refractivity contribution in [3.8, 4) is 5.75 Å². The Kier molecular flexibility index (Phi) is 7.31. The van der Waals surface area contributed by atoms with Crippen molar-refractivity contribution in [1.29, 1.82) is 0 Å². The summed E-state index contributed by atoms with van der Waals surface area (Å²) in [4.78, 5) is 28.8. The lowest BCUT2D eigenvalue weighted by molar-refractivity contribution is -0.141. The van der Waals surface area contributed by atoms with Gasteiger partial charge in [0.25, 0.3) is 5.91 Å². The SMILES string of the molecule is Cc1cccc(C)c1OCCCC(=O)N1CCCN(C(=O)C2CCCO2)CC1. The van der Waals surface area contributed by atoms with Crippen molar-refractivity contribution in [1.82, 2.24) is 9.80 Å². The van der Waals surface area contributed by atoms with E-state index >= 15 is 0 Å². The van der Waals surface area contributed by atoms with E-state index in [2.05, 4.69) is 0 Å². The molecule has 1 atom stereocenters. The summed E-state index contributed by atoms with van der Waals surface area (Å²) in [6.45, 7) is 7.92. The molecule has 3 rings (SSSR count). The van der Waals surface area contributed by atoms with Crippen LogP contribution in [0.2, 0.25) is 0 Å². The van der Waals surface area contributed by atoms with Crippen molar-refractivity contribution >= 4 is 11.8 Å². The Balaban J connectivity index is 1.40. The van der Waals surface area contributed by atoms with Gasteiger partial charge in [-0.1, -0.05) is 18.2 Å². The van der Waals surface area contributed by atoms with Gasteiger partial charge in [0.1, 0.15) is 11.9 Å². The lowest BCUT2D eigenvalue weighted by atomic mass is 10.1. The third kappa shape index (κ3) is 5.25. The molecule has 6 heteroatoms. The highest BCUT2D eigenvalue weighted by atomic mass is 16.5. The largest absolute Gasteiger partial charge is 0.493 e. The molecule has 28 heavy (non-hydrogen) atoms. The quantitative estimate of drug-likeness (QED) is 0.703. The number of carbonyl (C=O) groups excluding carboxylic acids is 2. The standard InChI is InChI=1S/C22H32N2O4/c1-17-7-3-8-18(2)21(17)28-16-5-10-20(25)23-11-6-12-24(14-13-23)22(26)19-9-4-15-27-19/h3,7-8,19H,4-6,9-16H2,1-2H3. The van der Waals surface area contributed by atoms with Crippen LogP contribution in [0.15, 0.2) is 18.2 Å². The van der Waals surface area contributed by atoms with Crippen LogP contribution in [0, 0.1) is 13.8 Å². The number of para-hydroxylation sites is 1. The average molecular weight is 389 g/mol. The van der Waals surface area contributed by atoms with Gasteiger partial charge in [0, 0.05) is 39.2 Å². The molecule has 2 saturated heterocycles. The molecule has 2 aliphatic heterocycles. The number of amides is 2. The molecule has 1 aromatic rings. The Morgan fingerprint density at radius 3 is 2.50 bits per heavy atom. The second-order valence-electron chi connectivity index (χ2n) is 7.73. The summed E-state index contributed by atoms with van der Waals surface area (Å²) in [6.07, 6.45) is 3.50. The smallest absolute Gasteiger partial charge is 0.251 e. The number of ether oxygens (including phenoxy) is 2. The van der Waals surface area contributed by atoms with Crippen LogP contribution in [-0.4, -0.2) is 67.1 Å². The number of benzene rings is 1. The first kappa shape index (κ1) is 20.6. The van der Waals surface area contributed by atoms with E-state index in [1.807, 2.05) is 41.8 Å². The number of carbonyl (C=O) groups is 2. The molecule has 0 saturated carbocycles. The second kappa shape index (κ2) is 9.92. The van der Waals surface area contributed by atoms with Crippen LogP contribution in [0.1, 0.15) is 43.2 Å². The maximum Gasteiger partial charge on any atom is 0.251 e. The molecule has 0 aromatic heterocycles. The average Bonchev–Trinajstić information content (AvgIpc) is 3.10. The normalized spacial score (nSPS) is 20.1. The zero-order valence-electron chi connectivity index (χ0n) is 17.1. The van der Waals surface area contributed by atoms with Gasteiger partial charge in [0.05, 0.1) is 6.61 Å². The molecule has 1 unspecified atom stereocenters. The molecule has 0 aliphatic carbocycles. The minimum absolute atomic E-state index is 0.0915. The summed E-state index contributed by atoms with van der Waals surface area (Å²) >= 11 is 0. The molecule has 0 spiro atoms. The highest BCUT2D eigenvalue weighted by molar-refractivity contribution is 5.81. The molecular formula is C22H32N2O4. The van der Waals surface area contributed by atoms with Crippen LogP contribution < -0.4 is 4.74 Å². The highest BCUT2D eigenvalue weighted by Crippen LogP contribution is 2.22. The minimum Gasteiger partial charge on any atom is -0.493 e. The van der Waals surface area contributed by atoms with Crippen molar-refractivity contribution in [2.75, 3.05) is 39.4 Å². The van der Waals surface area contributed by atoms with Gasteiger partial charge in [0.15, 0.2) is 0 Å². The summed E-state index contributed by atoms with van der Waals surface area (Å²) in [5.41, 5.74) is 2.24. The first-order chi connectivity index (χ1) is 13.6. The van der Waals surface area contributed by atoms with Gasteiger partial charge in [-0.2, -0.15) is 0 Å². The van der Waals surface area contributed by atoms with Gasteiger partial charge in [-0.25, -0.2) is 0 Å². The summed E-state index contributed by atoms with van der Waals surface area (Å²) in [7, 11) is 0. The minimum atomic E-state index is -0.274. The van der Waals surface area contributed by atoms with Crippen molar-refractivity contribution < 1.29 is 19.1 Å². The number of hydrogen-bond donors (Lipinski definition) is 0. The van der Waals surface area contributed by atoms with Gasteiger partial charge in [-0.05, 0) is 50.7 Å². The summed E-state index contributed by atoms with van der Waals surface area (Å²) in [5.74, 6) is 1.17. The molecule has 0 radical (unpaired) electrons. The van der Waals surface area contributed by atoms with Crippen molar-refractivity contribution in [2.24, 2.45) is 0 Å². The van der Waals surface area contributed by atoms with Crippen LogP contribution in [0.3, 0.4) is 0 Å². The van der Waals surface area contributed by atoms with E-state index < -0.39 is 0 Å². The fourth-order valence-corrected chi connectivity index (χ4v) is 3.95. The number of aryl methyl sites for hydroxylation is 2. The van der Waals surface area contributed by atoms with E-state index in [-0.39, 0.29) is 17.9 Å². The number of rotatable bonds is 6. The highest BCUT2D eigenvalue weighted by Gasteiger charge is 2.29. The molecule has 6 nitrogen and oxygen atoms in total. The van der Waals surface area contributed by atoms with Crippen LogP contribution in [0.25, 0.3) is 0 Å². The van der Waals surface area contributed by atoms with Crippen molar-refractivity contribution in [2.45, 2.75) is 52.1 Å². The fraction of sp³-hybridized carbons (Fsp3) is 0.636. The van der Waals surface area contributed by atoms with E-state index in [9.17, 15) is 9.59 Å². The van der Waals surface area contributed by atoms with Gasteiger partial charge in [-0.3, -0.25) is 9.59 Å². The van der Waals surface area contributed by atoms with Gasteiger partial charge in [-0.15, -0.1) is 0 Å². The van der Waals surface area contributed by atoms with E-state index in [0.29, 0.717) is 52.2 Å². The number of nitrogens with zero attached hydrogens (tertiary/aromatic N) is 2. The second-order valence-corrected chi connectivity index (χ2v) is 7.73. The van der Waals surface area contributed by atoms with E-state index in [1.54, 1.807) is 0 Å². The van der Waals surface area contributed by atoms with Crippen LogP contribution in [-0.2, 0) is 14.3 Å². The Morgan fingerprint density at radius 1 is 1.07 bits per heavy atom. The predicted octanol–water partition coefficient (Wildman–Crippen LogP) is 2.70. The first-order valence-electron chi connectivity index (χ1n) is 10.4. The predicted molar refractivity (Wildman–Crippen MR) is 107 cm³/mol. The fourth-order valence-electron chi connectivity index (χ4n) is 3.95. The Labute approximate surface area is 167 Å². The zero-order chi connectivity index (χ0) is 19.9. The molecule has 2 aliphatic rings. The van der Waals surface area contributed by atoms with E-state index in [1.165, 1.54) is 0 Å². The van der Waals surface area contributed by atoms with Gasteiger partial charge >= 0.3 is 0 Å². The van der Waals surface area contributed by atoms with Crippen molar-refractivity contribution in [3.63, 3.8) is 0 Å². The molecular weight excluding hydrogens is 356 g/mol. The molecule has 154 valence electrons. The third-order valence-electron chi connectivity index (χ3n) is 5.56. The summed E-state index contributed by atoms with van der Waals surface area (Å²) in [5, 5.41) is 0. The Morgan fingerprint density at radius 2 is 1.79 bits per heavy atom. The first-order valence-corrected chi connectivity index (χ1v) is 10.4. The summed E-state index contributed by atoms with van der Waals surface area (Å²) in [6, 6.07) is 6.09. The molecule has 2 fully saturated rings. The molecule has 0 N–H and O–H groups in total. The maximum absolute atomic E-state index is 12.6. The monoisotopic (exact) mass is 388 g/mol. The van der Waals surface area contributed by atoms with E-state index in [0.717, 1.165) is 36.1 Å². The van der Waals surface area contributed by atoms with Crippen LogP contribution >= 0.6 is 0 Å². The maximum atomic E-state index is 12.6. The topological polar surface area (TPSA) is 59.1 Å². The van der Waals surface area contributed by atoms with E-state index in [4.69, 9.17) is 9.47 Å². The zero-order valence-corrected chi connectivity index (χ0v) is 17.1. The molecule has 2 amide bonds. The molecule has 0 bridgehead atoms.